The Labute approximate surface area is 140 Å². The fourth-order valence-electron chi connectivity index (χ4n) is 2.19. The Morgan fingerprint density at radius 2 is 1.67 bits per heavy atom. The van der Waals surface area contributed by atoms with Crippen molar-refractivity contribution in [3.8, 4) is 11.5 Å². The van der Waals surface area contributed by atoms with E-state index in [1.807, 2.05) is 12.1 Å². The van der Waals surface area contributed by atoms with Crippen LogP contribution in [0.2, 0.25) is 0 Å². The van der Waals surface area contributed by atoms with Gasteiger partial charge in [-0.25, -0.2) is 4.79 Å². The number of esters is 1. The molecule has 126 valence electrons. The fourth-order valence-corrected chi connectivity index (χ4v) is 2.19. The summed E-state index contributed by atoms with van der Waals surface area (Å²) < 4.78 is 9.86. The van der Waals surface area contributed by atoms with Crippen molar-refractivity contribution in [2.75, 3.05) is 14.2 Å². The lowest BCUT2D eigenvalue weighted by molar-refractivity contribution is -0.142. The van der Waals surface area contributed by atoms with Gasteiger partial charge in [0.1, 0.15) is 17.5 Å². The minimum absolute atomic E-state index is 0.0642. The monoisotopic (exact) mass is 329 g/mol. The minimum Gasteiger partial charge on any atom is -0.508 e. The molecule has 0 aliphatic carbocycles. The second kappa shape index (κ2) is 8.01. The van der Waals surface area contributed by atoms with Crippen LogP contribution in [0.15, 0.2) is 48.5 Å². The number of amides is 1. The summed E-state index contributed by atoms with van der Waals surface area (Å²) in [6.07, 6.45) is 0.292. The lowest BCUT2D eigenvalue weighted by Gasteiger charge is -2.17. The zero-order valence-corrected chi connectivity index (χ0v) is 13.5. The largest absolute Gasteiger partial charge is 0.508 e. The first-order valence-corrected chi connectivity index (χ1v) is 7.34. The van der Waals surface area contributed by atoms with Gasteiger partial charge in [-0.2, -0.15) is 0 Å². The fraction of sp³-hybridized carbons (Fsp3) is 0.222. The zero-order valence-electron chi connectivity index (χ0n) is 13.5. The quantitative estimate of drug-likeness (QED) is 0.791. The molecule has 0 aromatic heterocycles. The van der Waals surface area contributed by atoms with E-state index in [4.69, 9.17) is 9.47 Å². The third-order valence-electron chi connectivity index (χ3n) is 3.52. The number of carbonyl (C=O) groups excluding carboxylic acids is 2. The van der Waals surface area contributed by atoms with Crippen molar-refractivity contribution in [3.63, 3.8) is 0 Å². The summed E-state index contributed by atoms with van der Waals surface area (Å²) >= 11 is 0. The topological polar surface area (TPSA) is 84.9 Å². The normalized spacial score (nSPS) is 11.4. The standard InChI is InChI=1S/C18H19NO5/c1-23-15-9-3-12(4-10-15)11-16(18(22)24-2)19-17(21)13-5-7-14(20)8-6-13/h3-10,16,20H,11H2,1-2H3,(H,19,21)/t16-/m1/s1. The number of phenols is 1. The van der Waals surface area contributed by atoms with Crippen LogP contribution in [0, 0.1) is 0 Å². The highest BCUT2D eigenvalue weighted by atomic mass is 16.5. The molecular weight excluding hydrogens is 310 g/mol. The van der Waals surface area contributed by atoms with Crippen LogP contribution in [0.5, 0.6) is 11.5 Å². The molecule has 2 rings (SSSR count). The molecule has 2 aromatic carbocycles. The number of nitrogens with one attached hydrogen (secondary N) is 1. The van der Waals surface area contributed by atoms with E-state index in [0.717, 1.165) is 5.56 Å². The third kappa shape index (κ3) is 4.49. The van der Waals surface area contributed by atoms with Crippen molar-refractivity contribution in [1.82, 2.24) is 5.32 Å². The Balaban J connectivity index is 2.11. The summed E-state index contributed by atoms with van der Waals surface area (Å²) in [6.45, 7) is 0. The van der Waals surface area contributed by atoms with Gasteiger partial charge in [-0.15, -0.1) is 0 Å². The lowest BCUT2D eigenvalue weighted by Crippen LogP contribution is -2.43. The second-order valence-corrected chi connectivity index (χ2v) is 5.15. The molecule has 0 aliphatic heterocycles. The molecule has 1 atom stereocenters. The minimum atomic E-state index is -0.815. The Kier molecular flexibility index (Phi) is 5.78. The van der Waals surface area contributed by atoms with Gasteiger partial charge >= 0.3 is 5.97 Å². The first-order chi connectivity index (χ1) is 11.5. The van der Waals surface area contributed by atoms with Crippen molar-refractivity contribution in [2.24, 2.45) is 0 Å². The maximum atomic E-state index is 12.3. The molecule has 2 N–H and O–H groups in total. The predicted octanol–water partition coefficient (Wildman–Crippen LogP) is 1.91. The van der Waals surface area contributed by atoms with E-state index in [1.165, 1.54) is 31.4 Å². The van der Waals surface area contributed by atoms with E-state index in [9.17, 15) is 14.7 Å². The molecule has 0 fully saturated rings. The van der Waals surface area contributed by atoms with Crippen molar-refractivity contribution in [3.05, 3.63) is 59.7 Å². The van der Waals surface area contributed by atoms with Crippen LogP contribution in [0.1, 0.15) is 15.9 Å². The summed E-state index contributed by atoms with van der Waals surface area (Å²) in [5.74, 6) is -0.173. The van der Waals surface area contributed by atoms with E-state index >= 15 is 0 Å². The van der Waals surface area contributed by atoms with Gasteiger partial charge in [0.25, 0.3) is 5.91 Å². The number of aromatic hydroxyl groups is 1. The average molecular weight is 329 g/mol. The molecule has 0 radical (unpaired) electrons. The molecule has 0 spiro atoms. The SMILES string of the molecule is COC(=O)[C@@H](Cc1ccc(OC)cc1)NC(=O)c1ccc(O)cc1. The van der Waals surface area contributed by atoms with Gasteiger partial charge in [-0.1, -0.05) is 12.1 Å². The number of carbonyl (C=O) groups is 2. The molecule has 24 heavy (non-hydrogen) atoms. The summed E-state index contributed by atoms with van der Waals surface area (Å²) in [5.41, 5.74) is 1.20. The summed E-state index contributed by atoms with van der Waals surface area (Å²) in [6, 6.07) is 12.2. The Morgan fingerprint density at radius 1 is 1.04 bits per heavy atom. The summed E-state index contributed by atoms with van der Waals surface area (Å²) in [7, 11) is 2.85. The summed E-state index contributed by atoms with van der Waals surface area (Å²) in [4.78, 5) is 24.2. The van der Waals surface area contributed by atoms with E-state index in [-0.39, 0.29) is 5.75 Å². The van der Waals surface area contributed by atoms with Gasteiger partial charge in [-0.3, -0.25) is 4.79 Å². The molecule has 0 unspecified atom stereocenters. The van der Waals surface area contributed by atoms with Gasteiger partial charge in [0, 0.05) is 12.0 Å². The molecule has 0 bridgehead atoms. The first kappa shape index (κ1) is 17.3. The Bertz CT molecular complexity index is 694. The maximum Gasteiger partial charge on any atom is 0.328 e. The van der Waals surface area contributed by atoms with Crippen LogP contribution in [0.4, 0.5) is 0 Å². The first-order valence-electron chi connectivity index (χ1n) is 7.34. The molecule has 0 saturated carbocycles. The Morgan fingerprint density at radius 3 is 2.21 bits per heavy atom. The number of hydrogen-bond acceptors (Lipinski definition) is 5. The zero-order chi connectivity index (χ0) is 17.5. The number of benzene rings is 2. The van der Waals surface area contributed by atoms with E-state index in [1.54, 1.807) is 19.2 Å². The average Bonchev–Trinajstić information content (AvgIpc) is 2.61. The number of rotatable bonds is 6. The maximum absolute atomic E-state index is 12.3. The van der Waals surface area contributed by atoms with Crippen molar-refractivity contribution in [2.45, 2.75) is 12.5 Å². The molecule has 0 heterocycles. The lowest BCUT2D eigenvalue weighted by atomic mass is 10.1. The molecule has 0 aliphatic rings. The third-order valence-corrected chi connectivity index (χ3v) is 3.52. The molecule has 1 amide bonds. The van der Waals surface area contributed by atoms with Crippen molar-refractivity contribution < 1.29 is 24.2 Å². The van der Waals surface area contributed by atoms with Gasteiger partial charge < -0.3 is 19.9 Å². The second-order valence-electron chi connectivity index (χ2n) is 5.15. The van der Waals surface area contributed by atoms with Gasteiger partial charge in [0.05, 0.1) is 14.2 Å². The molecule has 6 heteroatoms. The van der Waals surface area contributed by atoms with E-state index in [2.05, 4.69) is 5.32 Å². The predicted molar refractivity (Wildman–Crippen MR) is 88.1 cm³/mol. The van der Waals surface area contributed by atoms with Crippen LogP contribution < -0.4 is 10.1 Å². The van der Waals surface area contributed by atoms with Crippen LogP contribution in [0.3, 0.4) is 0 Å². The van der Waals surface area contributed by atoms with Crippen LogP contribution >= 0.6 is 0 Å². The molecule has 2 aromatic rings. The van der Waals surface area contributed by atoms with Gasteiger partial charge in [0.2, 0.25) is 0 Å². The van der Waals surface area contributed by atoms with Crippen LogP contribution in [-0.4, -0.2) is 37.2 Å². The number of phenolic OH excluding ortho intramolecular Hbond substituents is 1. The van der Waals surface area contributed by atoms with E-state index < -0.39 is 17.9 Å². The number of methoxy groups -OCH3 is 2. The van der Waals surface area contributed by atoms with Crippen LogP contribution in [0.25, 0.3) is 0 Å². The van der Waals surface area contributed by atoms with Crippen molar-refractivity contribution >= 4 is 11.9 Å². The molecular formula is C18H19NO5. The van der Waals surface area contributed by atoms with Gasteiger partial charge in [0.15, 0.2) is 0 Å². The van der Waals surface area contributed by atoms with Gasteiger partial charge in [-0.05, 0) is 42.0 Å². The Hall–Kier alpha value is -3.02. The highest BCUT2D eigenvalue weighted by Gasteiger charge is 2.22. The van der Waals surface area contributed by atoms with Crippen molar-refractivity contribution in [1.29, 1.82) is 0 Å². The summed E-state index contributed by atoms with van der Waals surface area (Å²) in [5, 5.41) is 11.9. The number of ether oxygens (including phenoxy) is 2. The number of hydrogen-bond donors (Lipinski definition) is 2. The highest BCUT2D eigenvalue weighted by molar-refractivity contribution is 5.96. The molecule has 6 nitrogen and oxygen atoms in total. The van der Waals surface area contributed by atoms with E-state index in [0.29, 0.717) is 17.7 Å². The van der Waals surface area contributed by atoms with Crippen LogP contribution in [-0.2, 0) is 16.0 Å². The molecule has 0 saturated heterocycles. The highest BCUT2D eigenvalue weighted by Crippen LogP contribution is 2.14. The smallest absolute Gasteiger partial charge is 0.328 e.